The smallest absolute Gasteiger partial charge is 0.0316 e. The molecule has 0 radical (unpaired) electrons. The fourth-order valence-electron chi connectivity index (χ4n) is 1.82. The Hall–Kier alpha value is -0.980. The van der Waals surface area contributed by atoms with Gasteiger partial charge in [0.25, 0.3) is 0 Å². The summed E-state index contributed by atoms with van der Waals surface area (Å²) >= 11 is 0. The van der Waals surface area contributed by atoms with E-state index in [-0.39, 0.29) is 7.43 Å². The van der Waals surface area contributed by atoms with Crippen molar-refractivity contribution in [1.82, 2.24) is 0 Å². The summed E-state index contributed by atoms with van der Waals surface area (Å²) in [6.45, 7) is 4.54. The van der Waals surface area contributed by atoms with E-state index in [0.717, 1.165) is 18.0 Å². The third-order valence-corrected chi connectivity index (χ3v) is 2.95. The zero-order valence-corrected chi connectivity index (χ0v) is 9.29. The normalized spacial score (nSPS) is 10.1. The van der Waals surface area contributed by atoms with Crippen molar-refractivity contribution in [2.75, 3.05) is 5.73 Å². The molecule has 0 aliphatic rings. The van der Waals surface area contributed by atoms with E-state index in [1.807, 2.05) is 12.1 Å². The first-order valence-electron chi connectivity index (χ1n) is 5.60. The lowest BCUT2D eigenvalue weighted by Crippen LogP contribution is -1.99. The highest BCUT2D eigenvalue weighted by Gasteiger charge is 2.03. The van der Waals surface area contributed by atoms with Gasteiger partial charge in [0.1, 0.15) is 0 Å². The molecule has 0 aliphatic carbocycles. The Morgan fingerprint density at radius 1 is 1.20 bits per heavy atom. The molecule has 0 bridgehead atoms. The summed E-state index contributed by atoms with van der Waals surface area (Å²) in [5.41, 5.74) is 7.98. The number of rotatable bonds is 5. The van der Waals surface area contributed by atoms with Crippen LogP contribution in [0.5, 0.6) is 0 Å². The van der Waals surface area contributed by atoms with Crippen molar-refractivity contribution in [2.24, 2.45) is 5.92 Å². The lowest BCUT2D eigenvalue weighted by atomic mass is 9.95. The van der Waals surface area contributed by atoms with E-state index in [1.165, 1.54) is 24.8 Å². The molecule has 1 rings (SSSR count). The van der Waals surface area contributed by atoms with Gasteiger partial charge >= 0.3 is 0 Å². The second-order valence-corrected chi connectivity index (χ2v) is 3.97. The number of benzene rings is 1. The maximum Gasteiger partial charge on any atom is 0.0316 e. The summed E-state index contributed by atoms with van der Waals surface area (Å²) in [7, 11) is 0. The van der Waals surface area contributed by atoms with E-state index in [0.29, 0.717) is 0 Å². The molecule has 0 fully saturated rings. The fraction of sp³-hybridized carbons (Fsp3) is 0.571. The highest BCUT2D eigenvalue weighted by atomic mass is 14.5. The van der Waals surface area contributed by atoms with Crippen LogP contribution in [0, 0.1) is 5.92 Å². The Balaban J connectivity index is 0.00000196. The molecule has 0 saturated carbocycles. The summed E-state index contributed by atoms with van der Waals surface area (Å²) in [6, 6.07) is 8.24. The average Bonchev–Trinajstić information content (AvgIpc) is 2.19. The molecule has 86 valence electrons. The summed E-state index contributed by atoms with van der Waals surface area (Å²) in [5, 5.41) is 0. The first-order valence-corrected chi connectivity index (χ1v) is 5.60. The molecule has 0 amide bonds. The van der Waals surface area contributed by atoms with Gasteiger partial charge in [-0.05, 0) is 36.5 Å². The van der Waals surface area contributed by atoms with Gasteiger partial charge in [0.05, 0.1) is 0 Å². The predicted molar refractivity (Wildman–Crippen MR) is 70.0 cm³/mol. The van der Waals surface area contributed by atoms with Crippen molar-refractivity contribution in [3.8, 4) is 0 Å². The molecule has 1 nitrogen and oxygen atoms in total. The maximum atomic E-state index is 5.73. The molecule has 2 N–H and O–H groups in total. The molecule has 0 heterocycles. The number of anilines is 1. The number of hydrogen-bond acceptors (Lipinski definition) is 1. The Morgan fingerprint density at radius 2 is 1.87 bits per heavy atom. The van der Waals surface area contributed by atoms with Crippen LogP contribution in [-0.4, -0.2) is 0 Å². The van der Waals surface area contributed by atoms with Gasteiger partial charge in [-0.1, -0.05) is 46.2 Å². The van der Waals surface area contributed by atoms with Crippen molar-refractivity contribution in [2.45, 2.75) is 47.0 Å². The van der Waals surface area contributed by atoms with Crippen LogP contribution in [0.2, 0.25) is 0 Å². The van der Waals surface area contributed by atoms with Crippen LogP contribution in [0.3, 0.4) is 0 Å². The van der Waals surface area contributed by atoms with Crippen LogP contribution in [0.15, 0.2) is 24.3 Å². The number of hydrogen-bond donors (Lipinski definition) is 1. The quantitative estimate of drug-likeness (QED) is 0.717. The second kappa shape index (κ2) is 7.33. The third-order valence-electron chi connectivity index (χ3n) is 2.95. The third kappa shape index (κ3) is 4.87. The Kier molecular flexibility index (Phi) is 6.85. The summed E-state index contributed by atoms with van der Waals surface area (Å²) < 4.78 is 0. The minimum atomic E-state index is 0. The Labute approximate surface area is 94.7 Å². The molecule has 1 aromatic carbocycles. The Bertz CT molecular complexity index is 264. The minimum absolute atomic E-state index is 0. The van der Waals surface area contributed by atoms with E-state index in [1.54, 1.807) is 0 Å². The lowest BCUT2D eigenvalue weighted by molar-refractivity contribution is 0.456. The zero-order chi connectivity index (χ0) is 10.4. The van der Waals surface area contributed by atoms with Gasteiger partial charge < -0.3 is 5.73 Å². The van der Waals surface area contributed by atoms with Crippen molar-refractivity contribution in [3.63, 3.8) is 0 Å². The van der Waals surface area contributed by atoms with E-state index >= 15 is 0 Å². The zero-order valence-electron chi connectivity index (χ0n) is 9.29. The topological polar surface area (TPSA) is 26.0 Å². The van der Waals surface area contributed by atoms with Crippen LogP contribution in [0.1, 0.15) is 46.1 Å². The standard InChI is InChI=1S/C13H21N.CH4/c1-3-11(4-2)8-9-12-6-5-7-13(14)10-12;/h5-7,10-11H,3-4,8-9,14H2,1-2H3;1H4. The predicted octanol–water partition coefficient (Wildman–Crippen LogP) is 4.27. The molecule has 0 atom stereocenters. The number of nitrogens with two attached hydrogens (primary N) is 1. The fourth-order valence-corrected chi connectivity index (χ4v) is 1.82. The van der Waals surface area contributed by atoms with E-state index in [2.05, 4.69) is 26.0 Å². The Morgan fingerprint density at radius 3 is 2.40 bits per heavy atom. The van der Waals surface area contributed by atoms with Gasteiger partial charge in [0.2, 0.25) is 0 Å². The maximum absolute atomic E-state index is 5.73. The van der Waals surface area contributed by atoms with Crippen LogP contribution < -0.4 is 5.73 Å². The second-order valence-electron chi connectivity index (χ2n) is 3.97. The van der Waals surface area contributed by atoms with Gasteiger partial charge in [-0.3, -0.25) is 0 Å². The molecule has 1 aromatic rings. The average molecular weight is 207 g/mol. The molecule has 0 aromatic heterocycles. The number of nitrogen functional groups attached to an aromatic ring is 1. The van der Waals surface area contributed by atoms with Crippen LogP contribution >= 0.6 is 0 Å². The summed E-state index contributed by atoms with van der Waals surface area (Å²) in [5.74, 6) is 0.872. The molecule has 0 aliphatic heterocycles. The van der Waals surface area contributed by atoms with E-state index in [4.69, 9.17) is 5.73 Å². The number of aryl methyl sites for hydroxylation is 1. The first kappa shape index (κ1) is 14.0. The van der Waals surface area contributed by atoms with Crippen LogP contribution in [0.25, 0.3) is 0 Å². The van der Waals surface area contributed by atoms with Gasteiger partial charge in [-0.25, -0.2) is 0 Å². The molecule has 15 heavy (non-hydrogen) atoms. The summed E-state index contributed by atoms with van der Waals surface area (Å²) in [6.07, 6.45) is 5.03. The molecule has 0 saturated heterocycles. The van der Waals surface area contributed by atoms with E-state index < -0.39 is 0 Å². The first-order chi connectivity index (χ1) is 6.76. The highest BCUT2D eigenvalue weighted by molar-refractivity contribution is 5.40. The lowest BCUT2D eigenvalue weighted by Gasteiger charge is -2.11. The van der Waals surface area contributed by atoms with Gasteiger partial charge in [-0.15, -0.1) is 0 Å². The monoisotopic (exact) mass is 207 g/mol. The van der Waals surface area contributed by atoms with Crippen molar-refractivity contribution >= 4 is 5.69 Å². The van der Waals surface area contributed by atoms with Crippen LogP contribution in [-0.2, 0) is 6.42 Å². The molecule has 0 unspecified atom stereocenters. The summed E-state index contributed by atoms with van der Waals surface area (Å²) in [4.78, 5) is 0. The van der Waals surface area contributed by atoms with E-state index in [9.17, 15) is 0 Å². The van der Waals surface area contributed by atoms with Gasteiger partial charge in [0.15, 0.2) is 0 Å². The highest BCUT2D eigenvalue weighted by Crippen LogP contribution is 2.17. The largest absolute Gasteiger partial charge is 0.399 e. The minimum Gasteiger partial charge on any atom is -0.399 e. The van der Waals surface area contributed by atoms with Gasteiger partial charge in [0, 0.05) is 5.69 Å². The molecular formula is C14H25N. The van der Waals surface area contributed by atoms with Crippen molar-refractivity contribution < 1.29 is 0 Å². The molecule has 0 spiro atoms. The van der Waals surface area contributed by atoms with Gasteiger partial charge in [-0.2, -0.15) is 0 Å². The van der Waals surface area contributed by atoms with Crippen molar-refractivity contribution in [3.05, 3.63) is 29.8 Å². The SMILES string of the molecule is C.CCC(CC)CCc1cccc(N)c1. The van der Waals surface area contributed by atoms with Crippen LogP contribution in [0.4, 0.5) is 5.69 Å². The van der Waals surface area contributed by atoms with Crippen molar-refractivity contribution in [1.29, 1.82) is 0 Å². The molecular weight excluding hydrogens is 182 g/mol. The molecule has 1 heteroatoms.